The van der Waals surface area contributed by atoms with Crippen molar-refractivity contribution in [1.82, 2.24) is 15.5 Å². The zero-order valence-electron chi connectivity index (χ0n) is 55.0. The maximum atomic E-state index is 9.29. The van der Waals surface area contributed by atoms with Crippen LogP contribution in [0.1, 0.15) is 403 Å². The summed E-state index contributed by atoms with van der Waals surface area (Å²) in [6.07, 6.45) is 76.8. The van der Waals surface area contributed by atoms with Crippen LogP contribution >= 0.6 is 0 Å². The van der Waals surface area contributed by atoms with Gasteiger partial charge in [0.15, 0.2) is 0 Å². The molecular weight excluding hydrogens is 913 g/mol. The predicted molar refractivity (Wildman–Crippen MR) is 350 cm³/mol. The van der Waals surface area contributed by atoms with Crippen molar-refractivity contribution in [2.45, 2.75) is 403 Å². The minimum atomic E-state index is 0.681. The van der Waals surface area contributed by atoms with Gasteiger partial charge in [-0.1, -0.05) is 370 Å². The summed E-state index contributed by atoms with van der Waals surface area (Å²) < 4.78 is 0. The molecule has 0 atom stereocenters. The lowest BCUT2D eigenvalue weighted by Crippen LogP contribution is -2.16. The van der Waals surface area contributed by atoms with Gasteiger partial charge in [0, 0.05) is 6.54 Å². The minimum absolute atomic E-state index is 0.681. The third-order valence-corrected chi connectivity index (χ3v) is 14.4. The number of hydrogen-bond acceptors (Lipinski definition) is 4. The zero-order chi connectivity index (χ0) is 56.7. The van der Waals surface area contributed by atoms with Crippen LogP contribution in [0, 0.1) is 0 Å². The second-order valence-corrected chi connectivity index (χ2v) is 22.9. The van der Waals surface area contributed by atoms with E-state index in [1.165, 1.54) is 354 Å². The molecule has 0 radical (unpaired) electrons. The smallest absolute Gasteiger partial charge is 0.207 e. The van der Waals surface area contributed by atoms with Gasteiger partial charge in [0.25, 0.3) is 0 Å². The number of carbonyl (C=O) groups is 1. The van der Waals surface area contributed by atoms with Crippen molar-refractivity contribution >= 4 is 6.41 Å². The van der Waals surface area contributed by atoms with Gasteiger partial charge in [0.1, 0.15) is 0 Å². The number of unbranched alkanes of at least 4 members (excludes halogenated alkanes) is 47. The molecule has 0 unspecified atom stereocenters. The van der Waals surface area contributed by atoms with E-state index in [4.69, 9.17) is 5.73 Å². The summed E-state index contributed by atoms with van der Waals surface area (Å²) in [6, 6.07) is 0. The third-order valence-electron chi connectivity index (χ3n) is 14.4. The van der Waals surface area contributed by atoms with E-state index in [0.717, 1.165) is 19.5 Å². The van der Waals surface area contributed by atoms with Gasteiger partial charge in [-0.05, 0) is 72.9 Å². The fraction of sp³-hybridized carbons (Fsp3) is 0.986. The molecule has 460 valence electrons. The van der Waals surface area contributed by atoms with Crippen LogP contribution in [0.2, 0.25) is 0 Å². The summed E-state index contributed by atoms with van der Waals surface area (Å²) in [5.41, 5.74) is 5.03. The van der Waals surface area contributed by atoms with Crippen molar-refractivity contribution < 1.29 is 4.79 Å². The number of rotatable bonds is 56. The van der Waals surface area contributed by atoms with Gasteiger partial charge in [-0.3, -0.25) is 4.79 Å². The molecule has 1 amide bonds. The summed E-state index contributed by atoms with van der Waals surface area (Å²) in [5.74, 6) is 0. The van der Waals surface area contributed by atoms with E-state index in [0.29, 0.717) is 6.41 Å². The van der Waals surface area contributed by atoms with Crippen LogP contribution in [-0.4, -0.2) is 58.1 Å². The highest BCUT2D eigenvalue weighted by molar-refractivity contribution is 5.45. The molecule has 4 N–H and O–H groups in total. The maximum absolute atomic E-state index is 9.29. The second kappa shape index (κ2) is 95.7. The van der Waals surface area contributed by atoms with E-state index in [9.17, 15) is 4.79 Å². The summed E-state index contributed by atoms with van der Waals surface area (Å²) >= 11 is 0. The Hall–Kier alpha value is -0.650. The van der Waals surface area contributed by atoms with Crippen LogP contribution in [0.3, 0.4) is 0 Å². The molecule has 0 heterocycles. The average molecular weight is 1070 g/mol. The highest BCUT2D eigenvalue weighted by Crippen LogP contribution is 2.15. The monoisotopic (exact) mass is 1070 g/mol. The van der Waals surface area contributed by atoms with Crippen molar-refractivity contribution in [1.29, 1.82) is 0 Å². The Morgan fingerprint density at radius 1 is 0.280 bits per heavy atom. The van der Waals surface area contributed by atoms with Gasteiger partial charge in [-0.25, -0.2) is 0 Å². The topological polar surface area (TPSA) is 70.4 Å². The van der Waals surface area contributed by atoms with Crippen LogP contribution in [0.4, 0.5) is 0 Å². The summed E-state index contributed by atoms with van der Waals surface area (Å²) in [6.45, 7) is 25.2. The quantitative estimate of drug-likeness (QED) is 0.0419. The molecular formula is C70H154N4O. The molecule has 0 aromatic rings. The van der Waals surface area contributed by atoms with E-state index in [1.54, 1.807) is 0 Å². The van der Waals surface area contributed by atoms with Crippen LogP contribution in [-0.2, 0) is 4.79 Å². The molecule has 75 heavy (non-hydrogen) atoms. The Labute approximate surface area is 479 Å². The lowest BCUT2D eigenvalue weighted by Gasteiger charge is -2.08. The Kier molecular flexibility index (Phi) is 109. The molecule has 0 spiro atoms. The van der Waals surface area contributed by atoms with Crippen molar-refractivity contribution in [2.75, 3.05) is 46.8 Å². The van der Waals surface area contributed by atoms with Gasteiger partial charge >= 0.3 is 0 Å². The Morgan fingerprint density at radius 3 is 0.587 bits per heavy atom. The zero-order valence-corrected chi connectivity index (χ0v) is 55.0. The van der Waals surface area contributed by atoms with Gasteiger partial charge < -0.3 is 21.3 Å². The van der Waals surface area contributed by atoms with Gasteiger partial charge in [0.05, 0.1) is 0 Å². The van der Waals surface area contributed by atoms with Crippen LogP contribution in [0.15, 0.2) is 0 Å². The number of amides is 1. The second-order valence-electron chi connectivity index (χ2n) is 22.9. The van der Waals surface area contributed by atoms with Crippen molar-refractivity contribution in [2.24, 2.45) is 5.73 Å². The third kappa shape index (κ3) is 118. The minimum Gasteiger partial charge on any atom is -0.359 e. The van der Waals surface area contributed by atoms with E-state index < -0.39 is 0 Å². The molecule has 0 fully saturated rings. The summed E-state index contributed by atoms with van der Waals surface area (Å²) in [4.78, 5) is 11.6. The predicted octanol–water partition coefficient (Wildman–Crippen LogP) is 23.6. The van der Waals surface area contributed by atoms with Gasteiger partial charge in [-0.2, -0.15) is 0 Å². The summed E-state index contributed by atoms with van der Waals surface area (Å²) in [7, 11) is 4.32. The SMILES string of the molecule is CCCCCCCCCCCCC.CCCCCCCCCCCCC.CCCCCCCCCCCCN(C)C.CCCCCCCCCCCCNCCCCCCCCCCCC.CCCN.CCNC=O. The molecule has 0 aliphatic heterocycles. The van der Waals surface area contributed by atoms with E-state index in [1.807, 2.05) is 6.92 Å². The molecule has 0 aromatic heterocycles. The number of hydrogen-bond donors (Lipinski definition) is 3. The first-order valence-corrected chi connectivity index (χ1v) is 35.1. The van der Waals surface area contributed by atoms with Crippen molar-refractivity contribution in [3.05, 3.63) is 0 Å². The Morgan fingerprint density at radius 2 is 0.453 bits per heavy atom. The Balaban J connectivity index is -0.000000207. The van der Waals surface area contributed by atoms with Gasteiger partial charge in [-0.15, -0.1) is 0 Å². The first-order valence-electron chi connectivity index (χ1n) is 35.1. The molecule has 0 aromatic carbocycles. The molecule has 0 saturated carbocycles. The highest BCUT2D eigenvalue weighted by Gasteiger charge is 1.97. The molecule has 0 aliphatic carbocycles. The first-order chi connectivity index (χ1) is 36.8. The molecule has 5 nitrogen and oxygen atoms in total. The fourth-order valence-corrected chi connectivity index (χ4v) is 9.07. The van der Waals surface area contributed by atoms with Crippen molar-refractivity contribution in [3.8, 4) is 0 Å². The number of nitrogens with one attached hydrogen (secondary N) is 2. The van der Waals surface area contributed by atoms with E-state index in [2.05, 4.69) is 85.0 Å². The number of nitrogens with zero attached hydrogens (tertiary/aromatic N) is 1. The number of carbonyl (C=O) groups excluding carboxylic acids is 1. The fourth-order valence-electron chi connectivity index (χ4n) is 9.07. The largest absolute Gasteiger partial charge is 0.359 e. The van der Waals surface area contributed by atoms with Crippen LogP contribution in [0.5, 0.6) is 0 Å². The molecule has 0 rings (SSSR count). The number of nitrogens with two attached hydrogens (primary N) is 1. The molecule has 0 aliphatic rings. The van der Waals surface area contributed by atoms with E-state index >= 15 is 0 Å². The highest BCUT2D eigenvalue weighted by atomic mass is 16.1. The van der Waals surface area contributed by atoms with Crippen LogP contribution < -0.4 is 16.4 Å². The molecule has 0 bridgehead atoms. The lowest BCUT2D eigenvalue weighted by molar-refractivity contribution is -0.109. The lowest BCUT2D eigenvalue weighted by atomic mass is 10.1. The first kappa shape index (κ1) is 85.6. The van der Waals surface area contributed by atoms with Crippen LogP contribution in [0.25, 0.3) is 0 Å². The molecule has 5 heteroatoms. The average Bonchev–Trinajstić information content (AvgIpc) is 3.42. The molecule has 0 saturated heterocycles. The summed E-state index contributed by atoms with van der Waals surface area (Å²) in [5, 5.41) is 6.07. The van der Waals surface area contributed by atoms with E-state index in [-0.39, 0.29) is 0 Å². The van der Waals surface area contributed by atoms with Crippen molar-refractivity contribution in [3.63, 3.8) is 0 Å². The normalized spacial score (nSPS) is 10.5. The Bertz CT molecular complexity index is 758. The standard InChI is InChI=1S/C24H51N.C14H31N.2C13H28.C3H7NO.C3H9N/c1-3-5-7-9-11-13-15-17-19-21-23-25-24-22-20-18-16-14-12-10-8-6-4-2;1-4-5-6-7-8-9-10-11-12-13-14-15(2)3;2*1-3-5-7-9-11-13-12-10-8-6-4-2;1-2-4-3-5;1-2-3-4/h25H,3-24H2,1-2H3;4-14H2,1-3H3;2*3-13H2,1-2H3;3H,2H2,1H3,(H,4,5);2-4H2,1H3. The maximum Gasteiger partial charge on any atom is 0.207 e. The van der Waals surface area contributed by atoms with Gasteiger partial charge in [0.2, 0.25) is 6.41 Å².